The Morgan fingerprint density at radius 3 is 2.82 bits per heavy atom. The molecule has 0 radical (unpaired) electrons. The Labute approximate surface area is 99.1 Å². The topological polar surface area (TPSA) is 87.3 Å². The molecule has 1 aromatic rings. The highest BCUT2D eigenvalue weighted by atomic mass is 16.5. The van der Waals surface area contributed by atoms with Crippen LogP contribution in [0.4, 0.5) is 5.82 Å². The maximum Gasteiger partial charge on any atom is 0.360 e. The summed E-state index contributed by atoms with van der Waals surface area (Å²) in [5, 5.41) is 0. The minimum absolute atomic E-state index is 0.0829. The van der Waals surface area contributed by atoms with Crippen molar-refractivity contribution in [1.29, 1.82) is 0 Å². The SMILES string of the molecule is Nc1nccnc1C(=O)OCC1CCOCC1. The van der Waals surface area contributed by atoms with Crippen LogP contribution in [0.25, 0.3) is 0 Å². The predicted octanol–water partition coefficient (Wildman–Crippen LogP) is 0.642. The third-order valence-corrected chi connectivity index (χ3v) is 2.71. The van der Waals surface area contributed by atoms with Crippen molar-refractivity contribution < 1.29 is 14.3 Å². The van der Waals surface area contributed by atoms with Crippen molar-refractivity contribution in [2.45, 2.75) is 12.8 Å². The summed E-state index contributed by atoms with van der Waals surface area (Å²) in [5.74, 6) is -0.0443. The fourth-order valence-electron chi connectivity index (χ4n) is 1.68. The van der Waals surface area contributed by atoms with Crippen LogP contribution in [0.2, 0.25) is 0 Å². The number of ether oxygens (including phenoxy) is 2. The molecule has 0 aromatic carbocycles. The summed E-state index contributed by atoms with van der Waals surface area (Å²) < 4.78 is 10.4. The lowest BCUT2D eigenvalue weighted by Gasteiger charge is -2.21. The first-order chi connectivity index (χ1) is 8.27. The number of rotatable bonds is 3. The van der Waals surface area contributed by atoms with Crippen LogP contribution in [0.3, 0.4) is 0 Å². The zero-order valence-electron chi connectivity index (χ0n) is 9.46. The summed E-state index contributed by atoms with van der Waals surface area (Å²) in [6.07, 6.45) is 4.69. The van der Waals surface area contributed by atoms with Crippen molar-refractivity contribution in [1.82, 2.24) is 9.97 Å². The number of carbonyl (C=O) groups is 1. The summed E-state index contributed by atoms with van der Waals surface area (Å²) in [6, 6.07) is 0. The molecule has 1 aliphatic heterocycles. The lowest BCUT2D eigenvalue weighted by molar-refractivity contribution is 0.0182. The first-order valence-corrected chi connectivity index (χ1v) is 5.58. The molecule has 17 heavy (non-hydrogen) atoms. The fourth-order valence-corrected chi connectivity index (χ4v) is 1.68. The molecule has 2 N–H and O–H groups in total. The summed E-state index contributed by atoms with van der Waals surface area (Å²) in [6.45, 7) is 1.85. The van der Waals surface area contributed by atoms with Gasteiger partial charge < -0.3 is 15.2 Å². The van der Waals surface area contributed by atoms with Crippen LogP contribution in [0.5, 0.6) is 0 Å². The highest BCUT2D eigenvalue weighted by Gasteiger charge is 2.18. The van der Waals surface area contributed by atoms with Gasteiger partial charge in [0.25, 0.3) is 0 Å². The quantitative estimate of drug-likeness (QED) is 0.776. The number of hydrogen-bond donors (Lipinski definition) is 1. The second kappa shape index (κ2) is 5.58. The highest BCUT2D eigenvalue weighted by molar-refractivity contribution is 5.91. The number of aromatic nitrogens is 2. The van der Waals surface area contributed by atoms with E-state index in [1.54, 1.807) is 0 Å². The van der Waals surface area contributed by atoms with E-state index in [0.717, 1.165) is 26.1 Å². The van der Waals surface area contributed by atoms with Gasteiger partial charge in [-0.3, -0.25) is 0 Å². The number of esters is 1. The van der Waals surface area contributed by atoms with Gasteiger partial charge >= 0.3 is 5.97 Å². The highest BCUT2D eigenvalue weighted by Crippen LogP contribution is 2.15. The average molecular weight is 237 g/mol. The van der Waals surface area contributed by atoms with Gasteiger partial charge in [0.2, 0.25) is 0 Å². The molecule has 1 aromatic heterocycles. The molecule has 6 nitrogen and oxygen atoms in total. The predicted molar refractivity (Wildman–Crippen MR) is 60.3 cm³/mol. The molecular weight excluding hydrogens is 222 g/mol. The van der Waals surface area contributed by atoms with E-state index in [0.29, 0.717) is 12.5 Å². The molecule has 1 fully saturated rings. The summed E-state index contributed by atoms with van der Waals surface area (Å²) in [5.41, 5.74) is 5.62. The average Bonchev–Trinajstić information content (AvgIpc) is 2.38. The van der Waals surface area contributed by atoms with Crippen LogP contribution in [0, 0.1) is 5.92 Å². The molecule has 1 saturated heterocycles. The minimum atomic E-state index is -0.512. The first-order valence-electron chi connectivity index (χ1n) is 5.58. The van der Waals surface area contributed by atoms with Gasteiger partial charge in [-0.15, -0.1) is 0 Å². The fraction of sp³-hybridized carbons (Fsp3) is 0.545. The van der Waals surface area contributed by atoms with Gasteiger partial charge in [0.1, 0.15) is 0 Å². The van der Waals surface area contributed by atoms with E-state index in [2.05, 4.69) is 9.97 Å². The van der Waals surface area contributed by atoms with E-state index in [4.69, 9.17) is 15.2 Å². The van der Waals surface area contributed by atoms with Gasteiger partial charge in [-0.25, -0.2) is 14.8 Å². The Bertz CT molecular complexity index is 391. The van der Waals surface area contributed by atoms with Gasteiger partial charge in [-0.1, -0.05) is 0 Å². The molecular formula is C11H15N3O3. The van der Waals surface area contributed by atoms with Crippen LogP contribution in [0.1, 0.15) is 23.3 Å². The van der Waals surface area contributed by atoms with Crippen molar-refractivity contribution >= 4 is 11.8 Å². The lowest BCUT2D eigenvalue weighted by Crippen LogP contribution is -2.22. The van der Waals surface area contributed by atoms with Crippen LogP contribution in [0.15, 0.2) is 12.4 Å². The van der Waals surface area contributed by atoms with Crippen LogP contribution in [-0.2, 0) is 9.47 Å². The monoisotopic (exact) mass is 237 g/mol. The van der Waals surface area contributed by atoms with E-state index in [1.165, 1.54) is 12.4 Å². The Morgan fingerprint density at radius 2 is 2.12 bits per heavy atom. The standard InChI is InChI=1S/C11H15N3O3/c12-10-9(13-3-4-14-10)11(15)17-7-8-1-5-16-6-2-8/h3-4,8H,1-2,5-7H2,(H2,12,14). The molecule has 0 saturated carbocycles. The maximum absolute atomic E-state index is 11.7. The first kappa shape index (κ1) is 11.8. The van der Waals surface area contributed by atoms with Crippen LogP contribution >= 0.6 is 0 Å². The van der Waals surface area contributed by atoms with Crippen molar-refractivity contribution in [3.05, 3.63) is 18.1 Å². The third-order valence-electron chi connectivity index (χ3n) is 2.71. The zero-order valence-corrected chi connectivity index (χ0v) is 9.46. The van der Waals surface area contributed by atoms with Gasteiger partial charge in [0, 0.05) is 25.6 Å². The van der Waals surface area contributed by atoms with Crippen LogP contribution in [-0.4, -0.2) is 35.8 Å². The number of hydrogen-bond acceptors (Lipinski definition) is 6. The minimum Gasteiger partial charge on any atom is -0.461 e. The van der Waals surface area contributed by atoms with Crippen LogP contribution < -0.4 is 5.73 Å². The van der Waals surface area contributed by atoms with Gasteiger partial charge in [0.05, 0.1) is 6.61 Å². The Kier molecular flexibility index (Phi) is 3.87. The summed E-state index contributed by atoms with van der Waals surface area (Å²) >= 11 is 0. The third kappa shape index (κ3) is 3.13. The Balaban J connectivity index is 1.87. The molecule has 1 aliphatic rings. The van der Waals surface area contributed by atoms with Crippen molar-refractivity contribution in [3.8, 4) is 0 Å². The Morgan fingerprint density at radius 1 is 1.41 bits per heavy atom. The number of nitrogens with zero attached hydrogens (tertiary/aromatic N) is 2. The molecule has 2 heterocycles. The lowest BCUT2D eigenvalue weighted by atomic mass is 10.0. The molecule has 0 unspecified atom stereocenters. The molecule has 0 amide bonds. The van der Waals surface area contributed by atoms with Gasteiger partial charge in [-0.2, -0.15) is 0 Å². The second-order valence-corrected chi connectivity index (χ2v) is 3.94. The van der Waals surface area contributed by atoms with Crippen molar-refractivity contribution in [2.24, 2.45) is 5.92 Å². The molecule has 92 valence electrons. The normalized spacial score (nSPS) is 16.7. The van der Waals surface area contributed by atoms with Gasteiger partial charge in [-0.05, 0) is 18.8 Å². The summed E-state index contributed by atoms with van der Waals surface area (Å²) in [4.78, 5) is 19.3. The number of anilines is 1. The molecule has 2 rings (SSSR count). The molecule has 0 aliphatic carbocycles. The largest absolute Gasteiger partial charge is 0.461 e. The molecule has 0 bridgehead atoms. The van der Waals surface area contributed by atoms with Gasteiger partial charge in [0.15, 0.2) is 11.5 Å². The summed E-state index contributed by atoms with van der Waals surface area (Å²) in [7, 11) is 0. The molecule has 0 spiro atoms. The smallest absolute Gasteiger partial charge is 0.360 e. The van der Waals surface area contributed by atoms with Crippen molar-refractivity contribution in [2.75, 3.05) is 25.6 Å². The van der Waals surface area contributed by atoms with E-state index < -0.39 is 5.97 Å². The number of nitrogen functional groups attached to an aromatic ring is 1. The van der Waals surface area contributed by atoms with E-state index >= 15 is 0 Å². The maximum atomic E-state index is 11.7. The van der Waals surface area contributed by atoms with E-state index in [1.807, 2.05) is 0 Å². The Hall–Kier alpha value is -1.69. The number of nitrogens with two attached hydrogens (primary N) is 1. The second-order valence-electron chi connectivity index (χ2n) is 3.94. The zero-order chi connectivity index (χ0) is 12.1. The van der Waals surface area contributed by atoms with Crippen molar-refractivity contribution in [3.63, 3.8) is 0 Å². The number of carbonyl (C=O) groups excluding carboxylic acids is 1. The molecule has 0 atom stereocenters. The van der Waals surface area contributed by atoms with E-state index in [-0.39, 0.29) is 11.5 Å². The van der Waals surface area contributed by atoms with E-state index in [9.17, 15) is 4.79 Å². The molecule has 6 heteroatoms.